The highest BCUT2D eigenvalue weighted by molar-refractivity contribution is 7.27. The predicted octanol–water partition coefficient (Wildman–Crippen LogP) is 11.4. The van der Waals surface area contributed by atoms with Gasteiger partial charge in [-0.3, -0.25) is 0 Å². The van der Waals surface area contributed by atoms with Crippen LogP contribution in [-0.2, 0) is 0 Å². The topological polar surface area (TPSA) is 38.7 Å². The summed E-state index contributed by atoms with van der Waals surface area (Å²) in [6, 6.07) is 45.2. The summed E-state index contributed by atoms with van der Waals surface area (Å²) in [7, 11) is 0. The lowest BCUT2D eigenvalue weighted by Gasteiger charge is -2.13. The molecular weight excluding hydrogens is 575 g/mol. The first-order valence-corrected chi connectivity index (χ1v) is 16.3. The summed E-state index contributed by atoms with van der Waals surface area (Å²) in [5, 5.41) is 9.46. The molecule has 5 heteroatoms. The minimum absolute atomic E-state index is 0.646. The molecule has 204 valence electrons. The van der Waals surface area contributed by atoms with E-state index in [0.717, 1.165) is 49.5 Å². The third-order valence-corrected chi connectivity index (χ3v) is 11.1. The zero-order chi connectivity index (χ0) is 28.8. The average molecular weight is 596 g/mol. The monoisotopic (exact) mass is 595 g/mol. The first-order valence-electron chi connectivity index (χ1n) is 14.6. The minimum Gasteiger partial charge on any atom is -0.242 e. The molecule has 4 heterocycles. The van der Waals surface area contributed by atoms with Crippen LogP contribution in [-0.4, -0.2) is 15.0 Å². The van der Waals surface area contributed by atoms with Crippen molar-refractivity contribution in [2.24, 2.45) is 0 Å². The molecule has 0 aliphatic rings. The van der Waals surface area contributed by atoms with Gasteiger partial charge in [0.1, 0.15) is 5.69 Å². The molecule has 3 nitrogen and oxygen atoms in total. The van der Waals surface area contributed by atoms with Crippen LogP contribution in [0.5, 0.6) is 0 Å². The van der Waals surface area contributed by atoms with Gasteiger partial charge in [-0.2, -0.15) is 0 Å². The number of rotatable bonds is 2. The van der Waals surface area contributed by atoms with Crippen LogP contribution in [0.4, 0.5) is 0 Å². The lowest BCUT2D eigenvalue weighted by atomic mass is 10.0. The zero-order valence-electron chi connectivity index (χ0n) is 23.3. The van der Waals surface area contributed by atoms with Gasteiger partial charge in [0.15, 0.2) is 5.82 Å². The van der Waals surface area contributed by atoms with E-state index in [0.29, 0.717) is 5.82 Å². The van der Waals surface area contributed by atoms with Crippen LogP contribution in [0.15, 0.2) is 127 Å². The third kappa shape index (κ3) is 3.39. The van der Waals surface area contributed by atoms with Crippen LogP contribution < -0.4 is 0 Å². The highest BCUT2D eigenvalue weighted by Crippen LogP contribution is 2.43. The van der Waals surface area contributed by atoms with E-state index in [2.05, 4.69) is 127 Å². The number of benzene rings is 6. The van der Waals surface area contributed by atoms with Crippen molar-refractivity contribution in [2.75, 3.05) is 0 Å². The van der Waals surface area contributed by atoms with E-state index in [-0.39, 0.29) is 0 Å². The van der Waals surface area contributed by atoms with Crippen LogP contribution in [0.1, 0.15) is 0 Å². The van der Waals surface area contributed by atoms with Gasteiger partial charge in [-0.05, 0) is 23.6 Å². The number of nitrogens with zero attached hydrogens (tertiary/aromatic N) is 3. The summed E-state index contributed by atoms with van der Waals surface area (Å²) < 4.78 is 4.99. The summed E-state index contributed by atoms with van der Waals surface area (Å²) in [5.41, 5.74) is 4.79. The molecule has 4 aromatic heterocycles. The maximum Gasteiger partial charge on any atom is 0.179 e. The van der Waals surface area contributed by atoms with Gasteiger partial charge < -0.3 is 0 Å². The second-order valence-electron chi connectivity index (χ2n) is 11.1. The number of para-hydroxylation sites is 1. The number of aromatic nitrogens is 3. The normalized spacial score (nSPS) is 12.1. The molecule has 0 N–H and O–H groups in total. The van der Waals surface area contributed by atoms with Gasteiger partial charge in [-0.25, -0.2) is 15.0 Å². The van der Waals surface area contributed by atoms with Crippen molar-refractivity contribution in [1.82, 2.24) is 15.0 Å². The Morgan fingerprint density at radius 3 is 1.75 bits per heavy atom. The average Bonchev–Trinajstić information content (AvgIpc) is 3.66. The molecule has 0 spiro atoms. The smallest absolute Gasteiger partial charge is 0.179 e. The Kier molecular flexibility index (Phi) is 5.03. The first-order chi connectivity index (χ1) is 21.8. The second kappa shape index (κ2) is 9.13. The number of hydrogen-bond acceptors (Lipinski definition) is 5. The van der Waals surface area contributed by atoms with Crippen LogP contribution in [0.3, 0.4) is 0 Å². The lowest BCUT2D eigenvalue weighted by Crippen LogP contribution is -1.98. The molecule has 10 rings (SSSR count). The quantitative estimate of drug-likeness (QED) is 0.187. The Labute approximate surface area is 259 Å². The standard InChI is InChI=1S/C39H21N3S2/c1-2-13-25-22(10-1)26-20-21-28-24-12-5-8-19-33(24)44-38(28)35(26)41-36(25)39-40-31-17-6-3-14-29(31)34(42-39)30-16-9-15-27-23-11-4-7-18-32(23)43-37(27)30/h1-21H. The third-order valence-electron chi connectivity index (χ3n) is 8.69. The van der Waals surface area contributed by atoms with E-state index < -0.39 is 0 Å². The van der Waals surface area contributed by atoms with E-state index in [1.54, 1.807) is 0 Å². The number of pyridine rings is 1. The fourth-order valence-corrected chi connectivity index (χ4v) is 9.10. The molecule has 0 aliphatic heterocycles. The van der Waals surface area contributed by atoms with E-state index in [1.165, 1.54) is 40.3 Å². The van der Waals surface area contributed by atoms with E-state index in [1.807, 2.05) is 22.7 Å². The largest absolute Gasteiger partial charge is 0.242 e. The van der Waals surface area contributed by atoms with Crippen molar-refractivity contribution in [2.45, 2.75) is 0 Å². The molecule has 0 saturated heterocycles. The second-order valence-corrected chi connectivity index (χ2v) is 13.2. The van der Waals surface area contributed by atoms with Crippen molar-refractivity contribution in [1.29, 1.82) is 0 Å². The molecular formula is C39H21N3S2. The Morgan fingerprint density at radius 2 is 0.955 bits per heavy atom. The summed E-state index contributed by atoms with van der Waals surface area (Å²) in [6.45, 7) is 0. The minimum atomic E-state index is 0.646. The van der Waals surface area contributed by atoms with Crippen LogP contribution >= 0.6 is 22.7 Å². The summed E-state index contributed by atoms with van der Waals surface area (Å²) in [5.74, 6) is 0.646. The van der Waals surface area contributed by atoms with Gasteiger partial charge in [0.25, 0.3) is 0 Å². The highest BCUT2D eigenvalue weighted by atomic mass is 32.1. The van der Waals surface area contributed by atoms with Crippen molar-refractivity contribution >= 4 is 95.6 Å². The van der Waals surface area contributed by atoms with E-state index in [9.17, 15) is 0 Å². The van der Waals surface area contributed by atoms with Crippen molar-refractivity contribution in [3.05, 3.63) is 127 Å². The van der Waals surface area contributed by atoms with Gasteiger partial charge in [0, 0.05) is 57.4 Å². The van der Waals surface area contributed by atoms with Gasteiger partial charge in [0.05, 0.1) is 21.4 Å². The van der Waals surface area contributed by atoms with Crippen LogP contribution in [0, 0.1) is 0 Å². The van der Waals surface area contributed by atoms with Gasteiger partial charge >= 0.3 is 0 Å². The molecule has 0 aliphatic carbocycles. The van der Waals surface area contributed by atoms with E-state index in [4.69, 9.17) is 15.0 Å². The summed E-state index contributed by atoms with van der Waals surface area (Å²) in [6.07, 6.45) is 0. The molecule has 0 bridgehead atoms. The molecule has 0 fully saturated rings. The molecule has 0 saturated carbocycles. The molecule has 6 aromatic carbocycles. The Morgan fingerprint density at radius 1 is 0.364 bits per heavy atom. The van der Waals surface area contributed by atoms with Crippen LogP contribution in [0.25, 0.3) is 95.7 Å². The maximum atomic E-state index is 5.42. The van der Waals surface area contributed by atoms with E-state index >= 15 is 0 Å². The molecule has 0 atom stereocenters. The van der Waals surface area contributed by atoms with Gasteiger partial charge in [-0.15, -0.1) is 22.7 Å². The number of hydrogen-bond donors (Lipinski definition) is 0. The fraction of sp³-hybridized carbons (Fsp3) is 0. The summed E-state index contributed by atoms with van der Waals surface area (Å²) in [4.78, 5) is 16.0. The Balaban J connectivity index is 1.32. The van der Waals surface area contributed by atoms with Crippen molar-refractivity contribution in [3.63, 3.8) is 0 Å². The number of fused-ring (bicyclic) bond motifs is 11. The summed E-state index contributed by atoms with van der Waals surface area (Å²) >= 11 is 3.63. The van der Waals surface area contributed by atoms with Crippen molar-refractivity contribution in [3.8, 4) is 22.8 Å². The Bertz CT molecular complexity index is 2790. The van der Waals surface area contributed by atoms with Crippen LogP contribution in [0.2, 0.25) is 0 Å². The maximum absolute atomic E-state index is 5.42. The highest BCUT2D eigenvalue weighted by Gasteiger charge is 2.20. The number of thiophene rings is 2. The Hall–Kier alpha value is -5.23. The molecule has 0 unspecified atom stereocenters. The fourth-order valence-electron chi connectivity index (χ4n) is 6.69. The predicted molar refractivity (Wildman–Crippen MR) is 189 cm³/mol. The van der Waals surface area contributed by atoms with Crippen molar-refractivity contribution < 1.29 is 0 Å². The first kappa shape index (κ1) is 24.2. The molecule has 0 radical (unpaired) electrons. The molecule has 10 aromatic rings. The van der Waals surface area contributed by atoms with Gasteiger partial charge in [0.2, 0.25) is 0 Å². The zero-order valence-corrected chi connectivity index (χ0v) is 24.9. The molecule has 44 heavy (non-hydrogen) atoms. The van der Waals surface area contributed by atoms with Gasteiger partial charge in [-0.1, -0.05) is 109 Å². The molecule has 0 amide bonds. The lowest BCUT2D eigenvalue weighted by molar-refractivity contribution is 1.21. The SMILES string of the molecule is c1ccc2c(-c3cccc4c3sc3ccccc34)nc(-c3nc4c(ccc5c6ccccc6sc54)c4ccccc34)nc2c1.